The summed E-state index contributed by atoms with van der Waals surface area (Å²) in [5, 5.41) is 3.42. The molecule has 0 radical (unpaired) electrons. The van der Waals surface area contributed by atoms with Crippen LogP contribution in [-0.2, 0) is 13.0 Å². The Bertz CT molecular complexity index is 482. The lowest BCUT2D eigenvalue weighted by molar-refractivity contribution is 1.18. The van der Waals surface area contributed by atoms with Crippen LogP contribution in [0.5, 0.6) is 0 Å². The second kappa shape index (κ2) is 5.23. The van der Waals surface area contributed by atoms with Crippen molar-refractivity contribution in [2.45, 2.75) is 26.8 Å². The number of para-hydroxylation sites is 1. The summed E-state index contributed by atoms with van der Waals surface area (Å²) in [6.07, 6.45) is 1.11. The summed E-state index contributed by atoms with van der Waals surface area (Å²) >= 11 is 1.86. The highest BCUT2D eigenvalue weighted by molar-refractivity contribution is 7.12. The van der Waals surface area contributed by atoms with Gasteiger partial charge in [-0.1, -0.05) is 19.1 Å². The van der Waals surface area contributed by atoms with Crippen LogP contribution in [0.25, 0.3) is 0 Å². The third-order valence-corrected chi connectivity index (χ3v) is 4.04. The number of hydrogen-bond donors (Lipinski definition) is 2. The molecule has 1 aromatic heterocycles. The smallest absolute Gasteiger partial charge is 0.0606 e. The van der Waals surface area contributed by atoms with E-state index in [2.05, 4.69) is 37.4 Å². The molecule has 1 heterocycles. The van der Waals surface area contributed by atoms with Gasteiger partial charge in [-0.05, 0) is 37.1 Å². The van der Waals surface area contributed by atoms with Gasteiger partial charge in [0.1, 0.15) is 0 Å². The lowest BCUT2D eigenvalue weighted by Crippen LogP contribution is -2.02. The average molecular weight is 246 g/mol. The summed E-state index contributed by atoms with van der Waals surface area (Å²) < 4.78 is 0. The number of anilines is 2. The Morgan fingerprint density at radius 1 is 1.18 bits per heavy atom. The zero-order valence-corrected chi connectivity index (χ0v) is 11.1. The molecular weight excluding hydrogens is 228 g/mol. The molecule has 2 rings (SSSR count). The number of nitrogens with two attached hydrogens (primary N) is 1. The number of benzene rings is 1. The van der Waals surface area contributed by atoms with Crippen LogP contribution in [0.15, 0.2) is 30.3 Å². The first-order chi connectivity index (χ1) is 8.20. The molecule has 17 heavy (non-hydrogen) atoms. The Morgan fingerprint density at radius 2 is 1.94 bits per heavy atom. The van der Waals surface area contributed by atoms with Gasteiger partial charge in [-0.3, -0.25) is 0 Å². The van der Waals surface area contributed by atoms with E-state index in [4.69, 9.17) is 5.73 Å². The fourth-order valence-electron chi connectivity index (χ4n) is 1.81. The average Bonchev–Trinajstić information content (AvgIpc) is 2.76. The van der Waals surface area contributed by atoms with E-state index >= 15 is 0 Å². The Balaban J connectivity index is 2.07. The molecule has 0 saturated heterocycles. The maximum atomic E-state index is 5.96. The van der Waals surface area contributed by atoms with Gasteiger partial charge in [0, 0.05) is 16.3 Å². The van der Waals surface area contributed by atoms with Crippen LogP contribution in [0.4, 0.5) is 11.4 Å². The van der Waals surface area contributed by atoms with Crippen LogP contribution >= 0.6 is 11.3 Å². The van der Waals surface area contributed by atoms with Gasteiger partial charge in [-0.2, -0.15) is 0 Å². The summed E-state index contributed by atoms with van der Waals surface area (Å²) in [5.41, 5.74) is 9.02. The van der Waals surface area contributed by atoms with Gasteiger partial charge in [-0.25, -0.2) is 0 Å². The molecule has 2 nitrogen and oxygen atoms in total. The van der Waals surface area contributed by atoms with Gasteiger partial charge in [0.2, 0.25) is 0 Å². The number of rotatable bonds is 4. The minimum Gasteiger partial charge on any atom is -0.397 e. The third kappa shape index (κ3) is 2.80. The highest BCUT2D eigenvalue weighted by Crippen LogP contribution is 2.24. The third-order valence-electron chi connectivity index (χ3n) is 2.81. The molecule has 0 spiro atoms. The van der Waals surface area contributed by atoms with Crippen molar-refractivity contribution in [2.24, 2.45) is 0 Å². The predicted molar refractivity (Wildman–Crippen MR) is 76.6 cm³/mol. The monoisotopic (exact) mass is 246 g/mol. The molecular formula is C14H18N2S. The van der Waals surface area contributed by atoms with Crippen molar-refractivity contribution in [3.63, 3.8) is 0 Å². The zero-order valence-electron chi connectivity index (χ0n) is 10.3. The molecule has 3 heteroatoms. The van der Waals surface area contributed by atoms with Gasteiger partial charge in [-0.15, -0.1) is 11.3 Å². The first-order valence-corrected chi connectivity index (χ1v) is 6.69. The Kier molecular flexibility index (Phi) is 3.69. The standard InChI is InChI=1S/C14H18N2S/c1-3-11-7-8-12(17-11)9-16-14-10(2)5-4-6-13(14)15/h4-8,16H,3,9,15H2,1-2H3. The normalized spacial score (nSPS) is 10.5. The lowest BCUT2D eigenvalue weighted by Gasteiger charge is -2.11. The molecule has 0 aliphatic carbocycles. The minimum absolute atomic E-state index is 0.817. The molecule has 0 saturated carbocycles. The molecule has 0 bridgehead atoms. The van der Waals surface area contributed by atoms with E-state index in [-0.39, 0.29) is 0 Å². The molecule has 0 amide bonds. The van der Waals surface area contributed by atoms with Crippen LogP contribution in [0.1, 0.15) is 22.2 Å². The van der Waals surface area contributed by atoms with Crippen LogP contribution in [-0.4, -0.2) is 0 Å². The first kappa shape index (κ1) is 12.0. The number of nitrogen functional groups attached to an aromatic ring is 1. The van der Waals surface area contributed by atoms with E-state index in [9.17, 15) is 0 Å². The number of nitrogens with one attached hydrogen (secondary N) is 1. The van der Waals surface area contributed by atoms with E-state index in [1.165, 1.54) is 15.3 Å². The van der Waals surface area contributed by atoms with Gasteiger partial charge in [0.25, 0.3) is 0 Å². The van der Waals surface area contributed by atoms with Gasteiger partial charge in [0.15, 0.2) is 0 Å². The van der Waals surface area contributed by atoms with Crippen molar-refractivity contribution >= 4 is 22.7 Å². The Morgan fingerprint density at radius 3 is 2.59 bits per heavy atom. The topological polar surface area (TPSA) is 38.0 Å². The maximum absolute atomic E-state index is 5.96. The number of thiophene rings is 1. The molecule has 0 unspecified atom stereocenters. The summed E-state index contributed by atoms with van der Waals surface area (Å²) in [6, 6.07) is 10.4. The molecule has 0 atom stereocenters. The van der Waals surface area contributed by atoms with Crippen LogP contribution in [0.2, 0.25) is 0 Å². The van der Waals surface area contributed by atoms with E-state index in [0.29, 0.717) is 0 Å². The number of hydrogen-bond acceptors (Lipinski definition) is 3. The van der Waals surface area contributed by atoms with E-state index in [0.717, 1.165) is 24.3 Å². The van der Waals surface area contributed by atoms with Crippen molar-refractivity contribution in [1.29, 1.82) is 0 Å². The summed E-state index contributed by atoms with van der Waals surface area (Å²) in [7, 11) is 0. The van der Waals surface area contributed by atoms with Crippen LogP contribution in [0.3, 0.4) is 0 Å². The summed E-state index contributed by atoms with van der Waals surface area (Å²) in [5.74, 6) is 0. The second-order valence-electron chi connectivity index (χ2n) is 4.11. The molecule has 0 aliphatic rings. The molecule has 0 fully saturated rings. The fraction of sp³-hybridized carbons (Fsp3) is 0.286. The highest BCUT2D eigenvalue weighted by atomic mass is 32.1. The summed E-state index contributed by atoms with van der Waals surface area (Å²) in [6.45, 7) is 5.10. The van der Waals surface area contributed by atoms with E-state index in [1.807, 2.05) is 23.5 Å². The van der Waals surface area contributed by atoms with Crippen LogP contribution in [0, 0.1) is 6.92 Å². The number of aryl methyl sites for hydroxylation is 2. The van der Waals surface area contributed by atoms with Gasteiger partial charge >= 0.3 is 0 Å². The van der Waals surface area contributed by atoms with E-state index in [1.54, 1.807) is 0 Å². The second-order valence-corrected chi connectivity index (χ2v) is 5.37. The lowest BCUT2D eigenvalue weighted by atomic mass is 10.1. The molecule has 90 valence electrons. The largest absolute Gasteiger partial charge is 0.397 e. The molecule has 0 aliphatic heterocycles. The van der Waals surface area contributed by atoms with Crippen molar-refractivity contribution in [1.82, 2.24) is 0 Å². The quantitative estimate of drug-likeness (QED) is 0.805. The van der Waals surface area contributed by atoms with Gasteiger partial charge < -0.3 is 11.1 Å². The Hall–Kier alpha value is -1.48. The first-order valence-electron chi connectivity index (χ1n) is 5.87. The molecule has 3 N–H and O–H groups in total. The van der Waals surface area contributed by atoms with Crippen molar-refractivity contribution in [3.8, 4) is 0 Å². The van der Waals surface area contributed by atoms with Crippen molar-refractivity contribution < 1.29 is 0 Å². The minimum atomic E-state index is 0.817. The van der Waals surface area contributed by atoms with Crippen molar-refractivity contribution in [3.05, 3.63) is 45.6 Å². The fourth-order valence-corrected chi connectivity index (χ4v) is 2.71. The van der Waals surface area contributed by atoms with Crippen molar-refractivity contribution in [2.75, 3.05) is 11.1 Å². The molecule has 1 aromatic carbocycles. The highest BCUT2D eigenvalue weighted by Gasteiger charge is 2.03. The Labute approximate surface area is 106 Å². The van der Waals surface area contributed by atoms with Gasteiger partial charge in [0.05, 0.1) is 11.4 Å². The zero-order chi connectivity index (χ0) is 12.3. The SMILES string of the molecule is CCc1ccc(CNc2c(C)cccc2N)s1. The van der Waals surface area contributed by atoms with Crippen LogP contribution < -0.4 is 11.1 Å². The van der Waals surface area contributed by atoms with E-state index < -0.39 is 0 Å². The maximum Gasteiger partial charge on any atom is 0.0606 e. The predicted octanol–water partition coefficient (Wildman–Crippen LogP) is 3.81. The summed E-state index contributed by atoms with van der Waals surface area (Å²) in [4.78, 5) is 2.78. The molecule has 2 aromatic rings.